The monoisotopic (exact) mass is 288 g/mol. The Hall–Kier alpha value is -2.21. The Kier molecular flexibility index (Phi) is 3.47. The zero-order valence-corrected chi connectivity index (χ0v) is 11.6. The molecular formula is C14H12N2O3S. The van der Waals surface area contributed by atoms with Gasteiger partial charge in [0.15, 0.2) is 0 Å². The molecule has 0 amide bonds. The van der Waals surface area contributed by atoms with Gasteiger partial charge in [0.25, 0.3) is 0 Å². The van der Waals surface area contributed by atoms with Crippen molar-refractivity contribution in [1.29, 1.82) is 0 Å². The topological polar surface area (TPSA) is 69.1 Å². The van der Waals surface area contributed by atoms with Gasteiger partial charge < -0.3 is 8.83 Å². The highest BCUT2D eigenvalue weighted by Gasteiger charge is 2.15. The van der Waals surface area contributed by atoms with Crippen LogP contribution < -0.4 is 0 Å². The normalized spacial score (nSPS) is 12.4. The first-order valence-electron chi connectivity index (χ1n) is 6.04. The van der Waals surface area contributed by atoms with Crippen LogP contribution in [0.15, 0.2) is 56.4 Å². The van der Waals surface area contributed by atoms with Gasteiger partial charge in [-0.1, -0.05) is 18.2 Å². The zero-order chi connectivity index (χ0) is 13.9. The average Bonchev–Trinajstić information content (AvgIpc) is 3.09. The number of nitrogens with zero attached hydrogens (tertiary/aromatic N) is 2. The summed E-state index contributed by atoms with van der Waals surface area (Å²) in [7, 11) is -1.25. The van der Waals surface area contributed by atoms with Crippen molar-refractivity contribution in [2.75, 3.05) is 0 Å². The molecule has 2 aromatic heterocycles. The third kappa shape index (κ3) is 2.55. The van der Waals surface area contributed by atoms with Gasteiger partial charge in [0.2, 0.25) is 11.8 Å². The second-order valence-electron chi connectivity index (χ2n) is 4.20. The molecule has 0 radical (unpaired) electrons. The van der Waals surface area contributed by atoms with Crippen molar-refractivity contribution in [3.63, 3.8) is 0 Å². The van der Waals surface area contributed by atoms with Crippen molar-refractivity contribution in [2.45, 2.75) is 17.6 Å². The summed E-state index contributed by atoms with van der Waals surface area (Å²) in [4.78, 5) is 0.657. The maximum absolute atomic E-state index is 12.2. The first-order valence-corrected chi connectivity index (χ1v) is 7.36. The second-order valence-corrected chi connectivity index (χ2v) is 5.62. The summed E-state index contributed by atoms with van der Waals surface area (Å²) in [5, 5.41) is 7.90. The molecule has 0 aliphatic rings. The van der Waals surface area contributed by atoms with Gasteiger partial charge >= 0.3 is 0 Å². The predicted octanol–water partition coefficient (Wildman–Crippen LogP) is 2.95. The summed E-state index contributed by atoms with van der Waals surface area (Å²) in [6, 6.07) is 11.2. The molecule has 0 saturated heterocycles. The third-order valence-electron chi connectivity index (χ3n) is 2.80. The molecule has 6 heteroatoms. The molecule has 0 aliphatic heterocycles. The number of hydrogen-bond acceptors (Lipinski definition) is 5. The van der Waals surface area contributed by atoms with E-state index in [-0.39, 0.29) is 5.75 Å². The van der Waals surface area contributed by atoms with Crippen LogP contribution in [0.25, 0.3) is 11.5 Å². The highest BCUT2D eigenvalue weighted by Crippen LogP contribution is 2.20. The van der Waals surface area contributed by atoms with Crippen LogP contribution in [0, 0.1) is 6.92 Å². The number of benzene rings is 1. The number of furan rings is 1. The number of aryl methyl sites for hydroxylation is 1. The summed E-state index contributed by atoms with van der Waals surface area (Å²) >= 11 is 0. The first kappa shape index (κ1) is 12.8. The van der Waals surface area contributed by atoms with Crippen molar-refractivity contribution in [1.82, 2.24) is 10.2 Å². The molecule has 5 nitrogen and oxygen atoms in total. The van der Waals surface area contributed by atoms with Gasteiger partial charge in [-0.2, -0.15) is 0 Å². The van der Waals surface area contributed by atoms with Gasteiger partial charge in [-0.3, -0.25) is 4.21 Å². The Morgan fingerprint density at radius 2 is 1.95 bits per heavy atom. The molecule has 20 heavy (non-hydrogen) atoms. The van der Waals surface area contributed by atoms with Gasteiger partial charge in [0.1, 0.15) is 11.5 Å². The van der Waals surface area contributed by atoms with Gasteiger partial charge in [0.05, 0.1) is 22.0 Å². The summed E-state index contributed by atoms with van der Waals surface area (Å²) in [5.74, 6) is 1.61. The van der Waals surface area contributed by atoms with Gasteiger partial charge in [-0.05, 0) is 25.1 Å². The van der Waals surface area contributed by atoms with Gasteiger partial charge in [-0.25, -0.2) is 0 Å². The van der Waals surface area contributed by atoms with Crippen LogP contribution in [0.3, 0.4) is 0 Å². The van der Waals surface area contributed by atoms with Crippen LogP contribution in [0.4, 0.5) is 0 Å². The number of hydrogen-bond donors (Lipinski definition) is 0. The lowest BCUT2D eigenvalue weighted by Gasteiger charge is -1.96. The molecule has 0 unspecified atom stereocenters. The SMILES string of the molecule is Cc1occc1[S@](=O)Cc1nnc(-c2ccccc2)o1. The lowest BCUT2D eigenvalue weighted by Crippen LogP contribution is -1.96. The van der Waals surface area contributed by atoms with Crippen molar-refractivity contribution < 1.29 is 13.0 Å². The summed E-state index contributed by atoms with van der Waals surface area (Å²) < 4.78 is 22.8. The zero-order valence-electron chi connectivity index (χ0n) is 10.8. The van der Waals surface area contributed by atoms with E-state index in [2.05, 4.69) is 10.2 Å². The van der Waals surface area contributed by atoms with Crippen LogP contribution in [0.5, 0.6) is 0 Å². The van der Waals surface area contributed by atoms with Crippen LogP contribution in [0.1, 0.15) is 11.7 Å². The molecule has 2 heterocycles. The predicted molar refractivity (Wildman–Crippen MR) is 73.3 cm³/mol. The molecule has 1 atom stereocenters. The fourth-order valence-corrected chi connectivity index (χ4v) is 2.88. The summed E-state index contributed by atoms with van der Waals surface area (Å²) in [6.07, 6.45) is 1.52. The minimum absolute atomic E-state index is 0.181. The number of rotatable bonds is 4. The molecular weight excluding hydrogens is 276 g/mol. The van der Waals surface area contributed by atoms with Gasteiger partial charge in [-0.15, -0.1) is 10.2 Å². The van der Waals surface area contributed by atoms with E-state index < -0.39 is 10.8 Å². The molecule has 0 aliphatic carbocycles. The molecule has 0 N–H and O–H groups in total. The smallest absolute Gasteiger partial charge is 0.247 e. The van der Waals surface area contributed by atoms with E-state index in [0.717, 1.165) is 5.56 Å². The quantitative estimate of drug-likeness (QED) is 0.738. The Labute approximate surface area is 118 Å². The second kappa shape index (κ2) is 5.42. The summed E-state index contributed by atoms with van der Waals surface area (Å²) in [5.41, 5.74) is 0.844. The Morgan fingerprint density at radius 3 is 2.65 bits per heavy atom. The molecule has 0 fully saturated rings. The van der Waals surface area contributed by atoms with E-state index in [9.17, 15) is 4.21 Å². The maximum Gasteiger partial charge on any atom is 0.247 e. The van der Waals surface area contributed by atoms with Crippen molar-refractivity contribution in [3.8, 4) is 11.5 Å². The largest absolute Gasteiger partial charge is 0.468 e. The fourth-order valence-electron chi connectivity index (χ4n) is 1.81. The molecule has 0 bridgehead atoms. The lowest BCUT2D eigenvalue weighted by atomic mass is 10.2. The van der Waals surface area contributed by atoms with Crippen LogP contribution in [-0.2, 0) is 16.6 Å². The maximum atomic E-state index is 12.2. The molecule has 3 rings (SSSR count). The molecule has 0 spiro atoms. The van der Waals surface area contributed by atoms with Crippen molar-refractivity contribution in [3.05, 3.63) is 54.3 Å². The fraction of sp³-hybridized carbons (Fsp3) is 0.143. The molecule has 1 aromatic carbocycles. The standard InChI is InChI=1S/C14H12N2O3S/c1-10-12(7-8-18-10)20(17)9-13-15-16-14(19-13)11-5-3-2-4-6-11/h2-8H,9H2,1H3/t20-/m1/s1. The van der Waals surface area contributed by atoms with Crippen LogP contribution >= 0.6 is 0 Å². The van der Waals surface area contributed by atoms with E-state index in [1.807, 2.05) is 30.3 Å². The Balaban J connectivity index is 1.78. The number of aromatic nitrogens is 2. The highest BCUT2D eigenvalue weighted by molar-refractivity contribution is 7.84. The van der Waals surface area contributed by atoms with E-state index in [1.165, 1.54) is 6.26 Å². The van der Waals surface area contributed by atoms with Gasteiger partial charge in [0, 0.05) is 5.56 Å². The minimum atomic E-state index is -1.25. The van der Waals surface area contributed by atoms with E-state index in [1.54, 1.807) is 13.0 Å². The Morgan fingerprint density at radius 1 is 1.15 bits per heavy atom. The first-order chi connectivity index (χ1) is 9.74. The van der Waals surface area contributed by atoms with Crippen molar-refractivity contribution in [2.24, 2.45) is 0 Å². The third-order valence-corrected chi connectivity index (χ3v) is 4.22. The van der Waals surface area contributed by atoms with Crippen LogP contribution in [0.2, 0.25) is 0 Å². The van der Waals surface area contributed by atoms with Crippen molar-refractivity contribution >= 4 is 10.8 Å². The molecule has 0 saturated carbocycles. The van der Waals surface area contributed by atoms with E-state index in [0.29, 0.717) is 22.4 Å². The minimum Gasteiger partial charge on any atom is -0.468 e. The molecule has 3 aromatic rings. The lowest BCUT2D eigenvalue weighted by molar-refractivity contribution is 0.521. The molecule has 102 valence electrons. The van der Waals surface area contributed by atoms with E-state index >= 15 is 0 Å². The average molecular weight is 288 g/mol. The highest BCUT2D eigenvalue weighted by atomic mass is 32.2. The Bertz CT molecular complexity index is 734. The summed E-state index contributed by atoms with van der Waals surface area (Å²) in [6.45, 7) is 1.77. The van der Waals surface area contributed by atoms with E-state index in [4.69, 9.17) is 8.83 Å². The van der Waals surface area contributed by atoms with Crippen LogP contribution in [-0.4, -0.2) is 14.4 Å².